The number of hydrogen-bond acceptors (Lipinski definition) is 2. The number of fused-ring (bicyclic) bond motifs is 1. The minimum atomic E-state index is 0.411. The van der Waals surface area contributed by atoms with Gasteiger partial charge in [-0.05, 0) is 36.2 Å². The van der Waals surface area contributed by atoms with Gasteiger partial charge >= 0.3 is 0 Å². The summed E-state index contributed by atoms with van der Waals surface area (Å²) < 4.78 is 5.85. The van der Waals surface area contributed by atoms with Crippen LogP contribution in [0.5, 0.6) is 5.75 Å². The summed E-state index contributed by atoms with van der Waals surface area (Å²) in [7, 11) is 0. The molecule has 0 aliphatic heterocycles. The van der Waals surface area contributed by atoms with E-state index in [2.05, 4.69) is 11.1 Å². The van der Waals surface area contributed by atoms with Crippen LogP contribution in [0.25, 0.3) is 10.9 Å². The fourth-order valence-corrected chi connectivity index (χ4v) is 2.50. The number of H-pyrrole nitrogens is 1. The lowest BCUT2D eigenvalue weighted by Gasteiger charge is -2.06. The molecule has 1 N–H and O–H groups in total. The van der Waals surface area contributed by atoms with Gasteiger partial charge in [0, 0.05) is 16.6 Å². The predicted octanol–water partition coefficient (Wildman–Crippen LogP) is 4.12. The molecule has 3 rings (SSSR count). The van der Waals surface area contributed by atoms with Gasteiger partial charge in [-0.25, -0.2) is 0 Å². The highest BCUT2D eigenvalue weighted by Crippen LogP contribution is 2.27. The zero-order valence-corrected chi connectivity index (χ0v) is 11.9. The summed E-state index contributed by atoms with van der Waals surface area (Å²) in [5, 5.41) is 10.0. The van der Waals surface area contributed by atoms with Gasteiger partial charge in [-0.2, -0.15) is 5.26 Å². The lowest BCUT2D eigenvalue weighted by molar-refractivity contribution is 0.306. The van der Waals surface area contributed by atoms with Crippen molar-refractivity contribution in [3.8, 4) is 11.8 Å². The topological polar surface area (TPSA) is 48.8 Å². The van der Waals surface area contributed by atoms with Gasteiger partial charge in [0.2, 0.25) is 0 Å². The third-order valence-corrected chi connectivity index (χ3v) is 3.60. The fourth-order valence-electron chi connectivity index (χ4n) is 2.50. The van der Waals surface area contributed by atoms with E-state index in [1.807, 2.05) is 55.5 Å². The van der Waals surface area contributed by atoms with Crippen LogP contribution in [0.1, 0.15) is 16.8 Å². The van der Waals surface area contributed by atoms with Crippen molar-refractivity contribution in [1.29, 1.82) is 5.26 Å². The third kappa shape index (κ3) is 2.75. The molecule has 0 aliphatic carbocycles. The molecule has 104 valence electrons. The van der Waals surface area contributed by atoms with E-state index in [-0.39, 0.29) is 0 Å². The predicted molar refractivity (Wildman–Crippen MR) is 83.1 cm³/mol. The molecule has 0 saturated carbocycles. The Balaban J connectivity index is 1.87. The average molecular weight is 276 g/mol. The highest BCUT2D eigenvalue weighted by Gasteiger charge is 2.09. The molecule has 0 spiro atoms. The van der Waals surface area contributed by atoms with E-state index in [0.29, 0.717) is 13.0 Å². The third-order valence-electron chi connectivity index (χ3n) is 3.60. The number of benzene rings is 2. The summed E-state index contributed by atoms with van der Waals surface area (Å²) in [6, 6.07) is 18.3. The van der Waals surface area contributed by atoms with Crippen molar-refractivity contribution in [3.63, 3.8) is 0 Å². The Kier molecular flexibility index (Phi) is 3.61. The first-order valence-electron chi connectivity index (χ1n) is 6.93. The van der Waals surface area contributed by atoms with Gasteiger partial charge in [0.1, 0.15) is 12.4 Å². The molecular weight excluding hydrogens is 260 g/mol. The van der Waals surface area contributed by atoms with Crippen molar-refractivity contribution in [2.24, 2.45) is 0 Å². The number of aromatic amines is 1. The second-order valence-corrected chi connectivity index (χ2v) is 5.05. The largest absolute Gasteiger partial charge is 0.489 e. The molecule has 0 unspecified atom stereocenters. The molecule has 1 heterocycles. The molecule has 2 aromatic carbocycles. The smallest absolute Gasteiger partial charge is 0.120 e. The number of aryl methyl sites for hydroxylation is 1. The normalized spacial score (nSPS) is 10.5. The van der Waals surface area contributed by atoms with E-state index < -0.39 is 0 Å². The highest BCUT2D eigenvalue weighted by atomic mass is 16.5. The van der Waals surface area contributed by atoms with Gasteiger partial charge in [-0.15, -0.1) is 0 Å². The number of aromatic nitrogens is 1. The second-order valence-electron chi connectivity index (χ2n) is 5.05. The van der Waals surface area contributed by atoms with E-state index in [4.69, 9.17) is 10.00 Å². The minimum Gasteiger partial charge on any atom is -0.489 e. The lowest BCUT2D eigenvalue weighted by atomic mass is 10.1. The van der Waals surface area contributed by atoms with E-state index in [0.717, 1.165) is 33.5 Å². The number of hydrogen-bond donors (Lipinski definition) is 1. The Hall–Kier alpha value is -2.73. The summed E-state index contributed by atoms with van der Waals surface area (Å²) in [6.07, 6.45) is 0.411. The Morgan fingerprint density at radius 3 is 2.71 bits per heavy atom. The molecule has 3 heteroatoms. The Bertz CT molecular complexity index is 797. The van der Waals surface area contributed by atoms with Crippen molar-refractivity contribution in [1.82, 2.24) is 4.98 Å². The maximum Gasteiger partial charge on any atom is 0.120 e. The van der Waals surface area contributed by atoms with Crippen molar-refractivity contribution in [2.75, 3.05) is 0 Å². The molecule has 3 aromatic rings. The first kappa shape index (κ1) is 13.3. The Morgan fingerprint density at radius 1 is 1.14 bits per heavy atom. The number of nitriles is 1. The van der Waals surface area contributed by atoms with Gasteiger partial charge in [0.15, 0.2) is 0 Å². The van der Waals surface area contributed by atoms with Crippen molar-refractivity contribution in [2.45, 2.75) is 20.0 Å². The first-order valence-corrected chi connectivity index (χ1v) is 6.93. The van der Waals surface area contributed by atoms with Crippen LogP contribution in [0.15, 0.2) is 48.5 Å². The molecule has 0 atom stereocenters. The molecule has 0 aliphatic rings. The van der Waals surface area contributed by atoms with Crippen molar-refractivity contribution < 1.29 is 4.74 Å². The summed E-state index contributed by atoms with van der Waals surface area (Å²) >= 11 is 0. The zero-order chi connectivity index (χ0) is 14.7. The van der Waals surface area contributed by atoms with Gasteiger partial charge in [0.05, 0.1) is 12.5 Å². The summed E-state index contributed by atoms with van der Waals surface area (Å²) in [5.74, 6) is 0.824. The van der Waals surface area contributed by atoms with Gasteiger partial charge in [-0.1, -0.05) is 30.3 Å². The van der Waals surface area contributed by atoms with E-state index in [1.54, 1.807) is 0 Å². The number of nitrogens with one attached hydrogen (secondary N) is 1. The monoisotopic (exact) mass is 276 g/mol. The summed E-state index contributed by atoms with van der Waals surface area (Å²) in [6.45, 7) is 2.54. The minimum absolute atomic E-state index is 0.411. The standard InChI is InChI=1S/C18H16N2O/c1-13-16(9-10-19)17-11-15(7-8-18(17)20-13)21-12-14-5-3-2-4-6-14/h2-8,11,20H,9,12H2,1H3. The molecular formula is C18H16N2O. The van der Waals surface area contributed by atoms with Crippen LogP contribution < -0.4 is 4.74 Å². The number of rotatable bonds is 4. The zero-order valence-electron chi connectivity index (χ0n) is 11.9. The summed E-state index contributed by atoms with van der Waals surface area (Å²) in [4.78, 5) is 3.31. The lowest BCUT2D eigenvalue weighted by Crippen LogP contribution is -1.94. The summed E-state index contributed by atoms with van der Waals surface area (Å²) in [5.41, 5.74) is 4.29. The van der Waals surface area contributed by atoms with E-state index in [1.165, 1.54) is 0 Å². The maximum atomic E-state index is 8.95. The number of ether oxygens (including phenoxy) is 1. The molecule has 0 saturated heterocycles. The van der Waals surface area contributed by atoms with Crippen LogP contribution in [-0.2, 0) is 13.0 Å². The average Bonchev–Trinajstić information content (AvgIpc) is 2.82. The first-order chi connectivity index (χ1) is 10.3. The van der Waals surface area contributed by atoms with Crippen molar-refractivity contribution >= 4 is 10.9 Å². The maximum absolute atomic E-state index is 8.95. The molecule has 0 radical (unpaired) electrons. The van der Waals surface area contributed by atoms with Gasteiger partial charge in [0.25, 0.3) is 0 Å². The molecule has 0 fully saturated rings. The van der Waals surface area contributed by atoms with Crippen LogP contribution in [0.2, 0.25) is 0 Å². The van der Waals surface area contributed by atoms with Crippen LogP contribution in [0.3, 0.4) is 0 Å². The van der Waals surface area contributed by atoms with Crippen LogP contribution in [0.4, 0.5) is 0 Å². The van der Waals surface area contributed by atoms with E-state index >= 15 is 0 Å². The fraction of sp³-hybridized carbons (Fsp3) is 0.167. The quantitative estimate of drug-likeness (QED) is 0.779. The molecule has 0 amide bonds. The van der Waals surface area contributed by atoms with Crippen LogP contribution >= 0.6 is 0 Å². The van der Waals surface area contributed by atoms with Crippen molar-refractivity contribution in [3.05, 3.63) is 65.4 Å². The Labute approximate surface area is 123 Å². The van der Waals surface area contributed by atoms with Gasteiger partial charge < -0.3 is 9.72 Å². The SMILES string of the molecule is Cc1[nH]c2ccc(OCc3ccccc3)cc2c1CC#N. The molecule has 21 heavy (non-hydrogen) atoms. The van der Waals surface area contributed by atoms with Crippen LogP contribution in [-0.4, -0.2) is 4.98 Å². The number of nitrogens with zero attached hydrogens (tertiary/aromatic N) is 1. The molecule has 0 bridgehead atoms. The Morgan fingerprint density at radius 2 is 1.95 bits per heavy atom. The molecule has 1 aromatic heterocycles. The second kappa shape index (κ2) is 5.72. The van der Waals surface area contributed by atoms with E-state index in [9.17, 15) is 0 Å². The van der Waals surface area contributed by atoms with Crippen LogP contribution in [0, 0.1) is 18.3 Å². The van der Waals surface area contributed by atoms with Gasteiger partial charge in [-0.3, -0.25) is 0 Å². The highest BCUT2D eigenvalue weighted by molar-refractivity contribution is 5.86. The molecule has 3 nitrogen and oxygen atoms in total.